The Morgan fingerprint density at radius 2 is 1.20 bits per heavy atom. The first-order valence-corrected chi connectivity index (χ1v) is 13.7. The van der Waals surface area contributed by atoms with Crippen LogP contribution in [0.1, 0.15) is 6.92 Å². The molecule has 0 unspecified atom stereocenters. The number of hydrogen-bond donors (Lipinski definition) is 0. The predicted molar refractivity (Wildman–Crippen MR) is 171 cm³/mol. The third-order valence-corrected chi connectivity index (χ3v) is 8.14. The van der Waals surface area contributed by atoms with Gasteiger partial charge in [-0.2, -0.15) is 0 Å². The molecule has 1 aliphatic heterocycles. The van der Waals surface area contributed by atoms with Crippen molar-refractivity contribution in [3.05, 3.63) is 146 Å². The van der Waals surface area contributed by atoms with E-state index < -0.39 is 0 Å². The average Bonchev–Trinajstić information content (AvgIpc) is 3.52. The van der Waals surface area contributed by atoms with Gasteiger partial charge in [-0.05, 0) is 61.5 Å². The zero-order chi connectivity index (χ0) is 26.8. The number of para-hydroxylation sites is 4. The van der Waals surface area contributed by atoms with E-state index >= 15 is 0 Å². The van der Waals surface area contributed by atoms with E-state index in [-0.39, 0.29) is 0 Å². The van der Waals surface area contributed by atoms with E-state index in [2.05, 4.69) is 155 Å². The maximum atomic E-state index is 4.07. The molecule has 3 heterocycles. The van der Waals surface area contributed by atoms with Gasteiger partial charge in [-0.15, -0.1) is 0 Å². The maximum absolute atomic E-state index is 4.07. The van der Waals surface area contributed by atoms with Crippen LogP contribution in [0.4, 0.5) is 11.4 Å². The molecule has 40 heavy (non-hydrogen) atoms. The van der Waals surface area contributed by atoms with Crippen LogP contribution in [0.2, 0.25) is 0 Å². The molecule has 0 N–H and O–H groups in total. The van der Waals surface area contributed by atoms with Crippen molar-refractivity contribution < 1.29 is 0 Å². The van der Waals surface area contributed by atoms with Gasteiger partial charge in [0.2, 0.25) is 0 Å². The SMILES string of the molecule is C=C/C=C1\C(=C/C)N(c2ccccc2)c2cccc3c4cc(-n5c6ccccc6c6ccccc65)ccc4n1c23. The summed E-state index contributed by atoms with van der Waals surface area (Å²) in [5.74, 6) is 0. The standard InChI is InChI=1S/C37H27N3/c1-3-13-35-31(4-2)38(25-14-6-5-7-15-25)36-21-12-18-29-30-24-26(22-23-34(30)40(35)37(29)36)39-32-19-10-8-16-27(32)28-17-9-11-20-33(28)39/h3-24H,1H2,2H3/b31-4+,35-13+. The molecule has 0 saturated heterocycles. The predicted octanol–water partition coefficient (Wildman–Crippen LogP) is 9.97. The molecule has 0 atom stereocenters. The van der Waals surface area contributed by atoms with E-state index in [1.54, 1.807) is 0 Å². The Balaban J connectivity index is 1.48. The number of allylic oxidation sites excluding steroid dienone is 4. The van der Waals surface area contributed by atoms with Crippen molar-refractivity contribution in [2.75, 3.05) is 4.90 Å². The number of anilines is 2. The molecule has 3 heteroatoms. The Bertz CT molecular complexity index is 2130. The van der Waals surface area contributed by atoms with Gasteiger partial charge in [0, 0.05) is 32.9 Å². The lowest BCUT2D eigenvalue weighted by Gasteiger charge is -2.35. The van der Waals surface area contributed by atoms with Crippen molar-refractivity contribution in [1.82, 2.24) is 9.13 Å². The summed E-state index contributed by atoms with van der Waals surface area (Å²) in [5, 5.41) is 5.01. The Morgan fingerprint density at radius 3 is 1.90 bits per heavy atom. The number of aromatic nitrogens is 2. The van der Waals surface area contributed by atoms with E-state index in [0.29, 0.717) is 0 Å². The molecular formula is C37H27N3. The van der Waals surface area contributed by atoms with Gasteiger partial charge in [0.1, 0.15) is 0 Å². The van der Waals surface area contributed by atoms with Crippen LogP contribution in [-0.4, -0.2) is 9.13 Å². The van der Waals surface area contributed by atoms with Crippen molar-refractivity contribution >= 4 is 60.7 Å². The summed E-state index contributed by atoms with van der Waals surface area (Å²) < 4.78 is 4.80. The molecule has 0 saturated carbocycles. The summed E-state index contributed by atoms with van der Waals surface area (Å²) >= 11 is 0. The molecule has 5 aromatic carbocycles. The smallest absolute Gasteiger partial charge is 0.0783 e. The number of benzene rings is 5. The van der Waals surface area contributed by atoms with Gasteiger partial charge in [-0.1, -0.05) is 85.5 Å². The van der Waals surface area contributed by atoms with Gasteiger partial charge in [0.05, 0.1) is 39.1 Å². The Kier molecular flexibility index (Phi) is 4.89. The molecule has 7 aromatic rings. The van der Waals surface area contributed by atoms with Crippen LogP contribution in [0.5, 0.6) is 0 Å². The lowest BCUT2D eigenvalue weighted by atomic mass is 10.1. The van der Waals surface area contributed by atoms with Crippen molar-refractivity contribution in [1.29, 1.82) is 0 Å². The summed E-state index contributed by atoms with van der Waals surface area (Å²) in [6, 6.07) is 41.5. The lowest BCUT2D eigenvalue weighted by molar-refractivity contribution is 1.08. The van der Waals surface area contributed by atoms with Crippen LogP contribution in [0.3, 0.4) is 0 Å². The fourth-order valence-electron chi connectivity index (χ4n) is 6.57. The third-order valence-electron chi connectivity index (χ3n) is 8.14. The average molecular weight is 514 g/mol. The monoisotopic (exact) mass is 513 g/mol. The zero-order valence-electron chi connectivity index (χ0n) is 22.3. The highest BCUT2D eigenvalue weighted by Gasteiger charge is 2.30. The van der Waals surface area contributed by atoms with Gasteiger partial charge in [0.15, 0.2) is 0 Å². The number of nitrogens with zero attached hydrogens (tertiary/aromatic N) is 3. The molecular weight excluding hydrogens is 486 g/mol. The van der Waals surface area contributed by atoms with Gasteiger partial charge >= 0.3 is 0 Å². The summed E-state index contributed by atoms with van der Waals surface area (Å²) in [6.45, 7) is 6.18. The molecule has 0 spiro atoms. The highest BCUT2D eigenvalue weighted by atomic mass is 15.2. The van der Waals surface area contributed by atoms with Gasteiger partial charge in [-0.3, -0.25) is 0 Å². The topological polar surface area (TPSA) is 13.1 Å². The normalized spacial score (nSPS) is 15.3. The number of fused-ring (bicyclic) bond motifs is 6. The van der Waals surface area contributed by atoms with Crippen LogP contribution in [-0.2, 0) is 0 Å². The van der Waals surface area contributed by atoms with Crippen molar-refractivity contribution in [2.24, 2.45) is 0 Å². The number of rotatable bonds is 3. The van der Waals surface area contributed by atoms with Crippen molar-refractivity contribution in [3.8, 4) is 5.69 Å². The van der Waals surface area contributed by atoms with Crippen LogP contribution in [0.25, 0.3) is 55.0 Å². The minimum absolute atomic E-state index is 1.12. The number of hydrogen-bond acceptors (Lipinski definition) is 1. The van der Waals surface area contributed by atoms with E-state index in [0.717, 1.165) is 22.8 Å². The van der Waals surface area contributed by atoms with E-state index in [1.807, 2.05) is 6.08 Å². The van der Waals surface area contributed by atoms with Crippen LogP contribution < -0.4 is 4.90 Å². The highest BCUT2D eigenvalue weighted by molar-refractivity contribution is 6.18. The Morgan fingerprint density at radius 1 is 0.550 bits per heavy atom. The Labute approximate surface area is 232 Å². The second-order valence-electron chi connectivity index (χ2n) is 10.2. The van der Waals surface area contributed by atoms with Crippen molar-refractivity contribution in [2.45, 2.75) is 6.92 Å². The molecule has 0 bridgehead atoms. The van der Waals surface area contributed by atoms with Gasteiger partial charge < -0.3 is 14.0 Å². The second kappa shape index (κ2) is 8.62. The van der Waals surface area contributed by atoms with Crippen LogP contribution in [0, 0.1) is 0 Å². The first-order chi connectivity index (χ1) is 19.8. The quantitative estimate of drug-likeness (QED) is 0.229. The largest absolute Gasteiger partial charge is 0.309 e. The molecule has 0 fully saturated rings. The third kappa shape index (κ3) is 3.00. The van der Waals surface area contributed by atoms with E-state index in [9.17, 15) is 0 Å². The van der Waals surface area contributed by atoms with Gasteiger partial charge in [0.25, 0.3) is 0 Å². The fraction of sp³-hybridized carbons (Fsp3) is 0.0270. The molecule has 0 radical (unpaired) electrons. The summed E-state index contributed by atoms with van der Waals surface area (Å²) in [5.41, 5.74) is 10.6. The van der Waals surface area contributed by atoms with Crippen LogP contribution in [0.15, 0.2) is 146 Å². The molecule has 0 aliphatic carbocycles. The molecule has 8 rings (SSSR count). The second-order valence-corrected chi connectivity index (χ2v) is 10.2. The first kappa shape index (κ1) is 22.7. The summed E-state index contributed by atoms with van der Waals surface area (Å²) in [7, 11) is 0. The minimum Gasteiger partial charge on any atom is -0.309 e. The Hall–Kier alpha value is -5.28. The lowest BCUT2D eigenvalue weighted by Crippen LogP contribution is -2.24. The van der Waals surface area contributed by atoms with Crippen molar-refractivity contribution in [3.63, 3.8) is 0 Å². The summed E-state index contributed by atoms with van der Waals surface area (Å²) in [4.78, 5) is 2.37. The molecule has 3 nitrogen and oxygen atoms in total. The van der Waals surface area contributed by atoms with E-state index in [4.69, 9.17) is 0 Å². The first-order valence-electron chi connectivity index (χ1n) is 13.7. The van der Waals surface area contributed by atoms with E-state index in [1.165, 1.54) is 49.3 Å². The molecule has 190 valence electrons. The molecule has 0 amide bonds. The van der Waals surface area contributed by atoms with Gasteiger partial charge in [-0.25, -0.2) is 0 Å². The minimum atomic E-state index is 1.12. The fourth-order valence-corrected chi connectivity index (χ4v) is 6.57. The zero-order valence-corrected chi connectivity index (χ0v) is 22.3. The van der Waals surface area contributed by atoms with Crippen LogP contribution >= 0.6 is 0 Å². The maximum Gasteiger partial charge on any atom is 0.0783 e. The molecule has 1 aliphatic rings. The summed E-state index contributed by atoms with van der Waals surface area (Å²) in [6.07, 6.45) is 6.21. The highest BCUT2D eigenvalue weighted by Crippen LogP contribution is 2.48. The molecule has 2 aromatic heterocycles.